The number of nitrogens with zero attached hydrogens (tertiary/aromatic N) is 4. The van der Waals surface area contributed by atoms with Crippen molar-refractivity contribution in [1.29, 1.82) is 0 Å². The maximum atomic E-state index is 13.9. The van der Waals surface area contributed by atoms with Gasteiger partial charge in [0.25, 0.3) is 5.91 Å². The van der Waals surface area contributed by atoms with Crippen molar-refractivity contribution in [2.24, 2.45) is 0 Å². The van der Waals surface area contributed by atoms with Gasteiger partial charge >= 0.3 is 0 Å². The number of hydrogen-bond acceptors (Lipinski definition) is 4. The van der Waals surface area contributed by atoms with E-state index in [0.717, 1.165) is 49.3 Å². The lowest BCUT2D eigenvalue weighted by atomic mass is 9.90. The van der Waals surface area contributed by atoms with Gasteiger partial charge in [-0.05, 0) is 79.9 Å². The number of benzene rings is 3. The van der Waals surface area contributed by atoms with Crippen molar-refractivity contribution in [2.45, 2.75) is 37.6 Å². The average molecular weight is 557 g/mol. The van der Waals surface area contributed by atoms with E-state index in [1.165, 1.54) is 30.9 Å². The van der Waals surface area contributed by atoms with Gasteiger partial charge in [0.2, 0.25) is 0 Å². The molecule has 0 bridgehead atoms. The van der Waals surface area contributed by atoms with Crippen LogP contribution in [0.3, 0.4) is 0 Å². The lowest BCUT2D eigenvalue weighted by Gasteiger charge is -2.33. The van der Waals surface area contributed by atoms with Gasteiger partial charge in [-0.2, -0.15) is 5.10 Å². The smallest absolute Gasteiger partial charge is 0.257 e. The Morgan fingerprint density at radius 2 is 1.66 bits per heavy atom. The van der Waals surface area contributed by atoms with E-state index in [9.17, 15) is 13.6 Å². The van der Waals surface area contributed by atoms with Gasteiger partial charge in [0, 0.05) is 31.5 Å². The summed E-state index contributed by atoms with van der Waals surface area (Å²) in [6.07, 6.45) is 4.31. The molecule has 0 unspecified atom stereocenters. The summed E-state index contributed by atoms with van der Waals surface area (Å²) >= 11 is 0. The predicted octanol–water partition coefficient (Wildman–Crippen LogP) is 6.17. The lowest BCUT2D eigenvalue weighted by Crippen LogP contribution is -2.34. The van der Waals surface area contributed by atoms with E-state index >= 15 is 0 Å². The maximum Gasteiger partial charge on any atom is 0.257 e. The summed E-state index contributed by atoms with van der Waals surface area (Å²) in [6, 6.07) is 21.6. The normalized spacial score (nSPS) is 18.1. The minimum absolute atomic E-state index is 0.00706. The van der Waals surface area contributed by atoms with Crippen molar-refractivity contribution in [3.8, 4) is 11.4 Å². The van der Waals surface area contributed by atoms with Crippen LogP contribution < -0.4 is 4.74 Å². The van der Waals surface area contributed by atoms with Crippen LogP contribution in [0.25, 0.3) is 5.69 Å². The number of amides is 1. The molecular weight excluding hydrogens is 522 g/mol. The second-order valence-electron chi connectivity index (χ2n) is 11.0. The van der Waals surface area contributed by atoms with Crippen molar-refractivity contribution in [2.75, 3.05) is 33.3 Å². The van der Waals surface area contributed by atoms with E-state index in [-0.39, 0.29) is 29.2 Å². The Bertz CT molecular complexity index is 1500. The van der Waals surface area contributed by atoms with E-state index in [4.69, 9.17) is 4.74 Å². The molecule has 0 saturated carbocycles. The van der Waals surface area contributed by atoms with Crippen LogP contribution in [-0.2, 0) is 6.54 Å². The van der Waals surface area contributed by atoms with Crippen LogP contribution in [0.2, 0.25) is 0 Å². The number of hydrogen-bond donors (Lipinski definition) is 0. The quantitative estimate of drug-likeness (QED) is 0.273. The minimum atomic E-state index is -0.366. The van der Waals surface area contributed by atoms with Crippen molar-refractivity contribution in [3.05, 3.63) is 113 Å². The molecule has 3 aromatic carbocycles. The van der Waals surface area contributed by atoms with Crippen LogP contribution in [0.15, 0.2) is 79.0 Å². The highest BCUT2D eigenvalue weighted by Gasteiger charge is 2.34. The molecule has 0 spiro atoms. The summed E-state index contributed by atoms with van der Waals surface area (Å²) in [6.45, 7) is 3.74. The van der Waals surface area contributed by atoms with E-state index < -0.39 is 0 Å². The first-order valence-corrected chi connectivity index (χ1v) is 14.2. The van der Waals surface area contributed by atoms with Gasteiger partial charge in [-0.25, -0.2) is 13.5 Å². The molecule has 2 aliphatic heterocycles. The van der Waals surface area contributed by atoms with Gasteiger partial charge in [0.1, 0.15) is 5.82 Å². The Kier molecular flexibility index (Phi) is 7.83. The number of methoxy groups -OCH3 is 1. The number of likely N-dealkylation sites (tertiary alicyclic amines) is 2. The number of carbonyl (C=O) groups excluding carboxylic acids is 1. The molecule has 1 aromatic heterocycles. The minimum Gasteiger partial charge on any atom is -0.494 e. The summed E-state index contributed by atoms with van der Waals surface area (Å²) in [5.41, 5.74) is 4.52. The molecule has 0 radical (unpaired) electrons. The zero-order chi connectivity index (χ0) is 28.3. The number of piperidine rings is 1. The average Bonchev–Trinajstić information content (AvgIpc) is 3.68. The lowest BCUT2D eigenvalue weighted by molar-refractivity contribution is 0.0788. The van der Waals surface area contributed by atoms with Crippen LogP contribution in [0, 0.1) is 11.6 Å². The van der Waals surface area contributed by atoms with Crippen molar-refractivity contribution >= 4 is 5.91 Å². The van der Waals surface area contributed by atoms with Gasteiger partial charge in [-0.15, -0.1) is 0 Å². The highest BCUT2D eigenvalue weighted by atomic mass is 19.1. The highest BCUT2D eigenvalue weighted by Crippen LogP contribution is 2.35. The molecule has 0 aliphatic carbocycles. The van der Waals surface area contributed by atoms with Crippen molar-refractivity contribution in [1.82, 2.24) is 19.6 Å². The standard InChI is InChI=1S/C33H34F2N4O2/c1-41-31-19-23(7-12-30(31)35)21-37-16-13-25(14-17-37)32-29(20-36-39(32)28-10-8-27(34)9-11-28)33(40)38-18-15-26(22-38)24-5-3-2-4-6-24/h2-12,19-20,25-26H,13-18,21-22H2,1H3/t26-/m0/s1. The summed E-state index contributed by atoms with van der Waals surface area (Å²) in [5, 5.41) is 4.66. The third-order valence-corrected chi connectivity index (χ3v) is 8.45. The Balaban J connectivity index is 1.22. The molecule has 6 rings (SSSR count). The fraction of sp³-hybridized carbons (Fsp3) is 0.333. The molecule has 2 saturated heterocycles. The fourth-order valence-electron chi connectivity index (χ4n) is 6.24. The van der Waals surface area contributed by atoms with Gasteiger partial charge in [0.05, 0.1) is 30.3 Å². The second-order valence-corrected chi connectivity index (χ2v) is 11.0. The molecule has 2 aliphatic rings. The van der Waals surface area contributed by atoms with E-state index in [0.29, 0.717) is 31.1 Å². The van der Waals surface area contributed by atoms with E-state index in [1.807, 2.05) is 27.8 Å². The summed E-state index contributed by atoms with van der Waals surface area (Å²) in [4.78, 5) is 18.2. The van der Waals surface area contributed by atoms with Crippen LogP contribution in [-0.4, -0.2) is 58.8 Å². The molecule has 3 heterocycles. The zero-order valence-electron chi connectivity index (χ0n) is 23.2. The summed E-state index contributed by atoms with van der Waals surface area (Å²) in [7, 11) is 1.47. The maximum absolute atomic E-state index is 13.9. The molecule has 1 atom stereocenters. The second kappa shape index (κ2) is 11.8. The van der Waals surface area contributed by atoms with Gasteiger partial charge in [0.15, 0.2) is 11.6 Å². The Morgan fingerprint density at radius 3 is 2.39 bits per heavy atom. The Labute approximate surface area is 239 Å². The highest BCUT2D eigenvalue weighted by molar-refractivity contribution is 5.95. The first-order chi connectivity index (χ1) is 20.0. The van der Waals surface area contributed by atoms with Crippen LogP contribution >= 0.6 is 0 Å². The first kappa shape index (κ1) is 27.1. The first-order valence-electron chi connectivity index (χ1n) is 14.2. The molecule has 0 N–H and O–H groups in total. The number of carbonyl (C=O) groups is 1. The Hall–Kier alpha value is -4.04. The molecule has 4 aromatic rings. The van der Waals surface area contributed by atoms with Gasteiger partial charge in [-0.3, -0.25) is 9.69 Å². The molecule has 8 heteroatoms. The van der Waals surface area contributed by atoms with Crippen LogP contribution in [0.5, 0.6) is 5.75 Å². The third kappa shape index (κ3) is 5.75. The molecule has 212 valence electrons. The monoisotopic (exact) mass is 556 g/mol. The topological polar surface area (TPSA) is 50.6 Å². The molecule has 2 fully saturated rings. The van der Waals surface area contributed by atoms with E-state index in [2.05, 4.69) is 22.1 Å². The van der Waals surface area contributed by atoms with Crippen LogP contribution in [0.1, 0.15) is 58.3 Å². The number of halogens is 2. The van der Waals surface area contributed by atoms with Crippen LogP contribution in [0.4, 0.5) is 8.78 Å². The Morgan fingerprint density at radius 1 is 0.927 bits per heavy atom. The molecule has 6 nitrogen and oxygen atoms in total. The van der Waals surface area contributed by atoms with Crippen molar-refractivity contribution in [3.63, 3.8) is 0 Å². The predicted molar refractivity (Wildman–Crippen MR) is 153 cm³/mol. The zero-order valence-corrected chi connectivity index (χ0v) is 23.2. The largest absolute Gasteiger partial charge is 0.494 e. The van der Waals surface area contributed by atoms with Crippen molar-refractivity contribution < 1.29 is 18.3 Å². The summed E-state index contributed by atoms with van der Waals surface area (Å²) < 4.78 is 34.6. The fourth-order valence-corrected chi connectivity index (χ4v) is 6.24. The molecule has 41 heavy (non-hydrogen) atoms. The SMILES string of the molecule is COc1cc(CN2CCC(c3c(C(=O)N4CC[C@H](c5ccccc5)C4)cnn3-c3ccc(F)cc3)CC2)ccc1F. The molecule has 1 amide bonds. The van der Waals surface area contributed by atoms with Gasteiger partial charge < -0.3 is 9.64 Å². The third-order valence-electron chi connectivity index (χ3n) is 8.45. The number of ether oxygens (including phenoxy) is 1. The summed E-state index contributed by atoms with van der Waals surface area (Å²) in [5.74, 6) is 0.0210. The van der Waals surface area contributed by atoms with Gasteiger partial charge in [-0.1, -0.05) is 36.4 Å². The van der Waals surface area contributed by atoms with E-state index in [1.54, 1.807) is 30.5 Å². The number of rotatable bonds is 7. The molecular formula is C33H34F2N4O2. The number of aromatic nitrogens is 2.